The van der Waals surface area contributed by atoms with Crippen LogP contribution < -0.4 is 5.32 Å². The first-order chi connectivity index (χ1) is 9.63. The van der Waals surface area contributed by atoms with Crippen LogP contribution in [-0.4, -0.2) is 25.7 Å². The molecule has 0 saturated carbocycles. The molecule has 7 nitrogen and oxygen atoms in total. The molecule has 0 saturated heterocycles. The Bertz CT molecular complexity index is 728. The van der Waals surface area contributed by atoms with E-state index in [1.807, 2.05) is 13.8 Å². The van der Waals surface area contributed by atoms with Crippen molar-refractivity contribution in [2.75, 3.05) is 5.32 Å². The second-order valence-corrected chi connectivity index (χ2v) is 5.70. The Labute approximate surface area is 118 Å². The number of nitrogens with zero attached hydrogens (tertiary/aromatic N) is 4. The van der Waals surface area contributed by atoms with Gasteiger partial charge in [-0.15, -0.1) is 15.3 Å². The summed E-state index contributed by atoms with van der Waals surface area (Å²) < 4.78 is 6.85. The van der Waals surface area contributed by atoms with Crippen molar-refractivity contribution < 1.29 is 9.21 Å². The van der Waals surface area contributed by atoms with E-state index in [2.05, 4.69) is 20.6 Å². The van der Waals surface area contributed by atoms with Crippen molar-refractivity contribution in [1.82, 2.24) is 19.8 Å². The Kier molecular flexibility index (Phi) is 3.23. The van der Waals surface area contributed by atoms with Crippen molar-refractivity contribution in [3.63, 3.8) is 0 Å². The van der Waals surface area contributed by atoms with E-state index >= 15 is 0 Å². The molecule has 1 amide bonds. The lowest BCUT2D eigenvalue weighted by Gasteiger charge is -2.02. The molecule has 3 aromatic rings. The van der Waals surface area contributed by atoms with Gasteiger partial charge in [0, 0.05) is 6.42 Å². The molecule has 3 heterocycles. The van der Waals surface area contributed by atoms with E-state index in [4.69, 9.17) is 4.42 Å². The minimum Gasteiger partial charge on any atom is -0.461 e. The summed E-state index contributed by atoms with van der Waals surface area (Å²) in [6.45, 7) is 3.99. The van der Waals surface area contributed by atoms with Crippen LogP contribution in [0, 0.1) is 5.92 Å². The lowest BCUT2D eigenvalue weighted by molar-refractivity contribution is -0.116. The summed E-state index contributed by atoms with van der Waals surface area (Å²) in [5.74, 6) is 1.36. The van der Waals surface area contributed by atoms with Crippen LogP contribution in [0.15, 0.2) is 22.8 Å². The summed E-state index contributed by atoms with van der Waals surface area (Å²) >= 11 is 1.28. The monoisotopic (exact) mass is 291 g/mol. The number of amides is 1. The highest BCUT2D eigenvalue weighted by Gasteiger charge is 2.16. The molecule has 3 rings (SSSR count). The lowest BCUT2D eigenvalue weighted by atomic mass is 10.1. The number of aromatic nitrogens is 4. The highest BCUT2D eigenvalue weighted by Crippen LogP contribution is 2.24. The third-order valence-electron chi connectivity index (χ3n) is 2.57. The average molecular weight is 291 g/mol. The van der Waals surface area contributed by atoms with Crippen molar-refractivity contribution in [1.29, 1.82) is 0 Å². The Morgan fingerprint density at radius 2 is 2.35 bits per heavy atom. The number of furan rings is 1. The molecule has 20 heavy (non-hydrogen) atoms. The summed E-state index contributed by atoms with van der Waals surface area (Å²) in [6.07, 6.45) is 2.03. The fourth-order valence-electron chi connectivity index (χ4n) is 1.77. The van der Waals surface area contributed by atoms with Gasteiger partial charge in [-0.25, -0.2) is 0 Å². The molecule has 1 N–H and O–H groups in total. The van der Waals surface area contributed by atoms with Crippen molar-refractivity contribution in [3.05, 3.63) is 18.4 Å². The number of anilines is 1. The van der Waals surface area contributed by atoms with Crippen molar-refractivity contribution in [2.45, 2.75) is 20.3 Å². The van der Waals surface area contributed by atoms with E-state index in [0.29, 0.717) is 34.0 Å². The van der Waals surface area contributed by atoms with E-state index in [0.717, 1.165) is 0 Å². The van der Waals surface area contributed by atoms with E-state index in [1.165, 1.54) is 11.3 Å². The summed E-state index contributed by atoms with van der Waals surface area (Å²) in [4.78, 5) is 12.3. The number of hydrogen-bond acceptors (Lipinski definition) is 6. The maximum absolute atomic E-state index is 11.7. The van der Waals surface area contributed by atoms with Crippen LogP contribution in [0.1, 0.15) is 20.3 Å². The molecule has 0 bridgehead atoms. The molecular formula is C12H13N5O2S. The number of carbonyl (C=O) groups is 1. The molecule has 0 aromatic carbocycles. The summed E-state index contributed by atoms with van der Waals surface area (Å²) in [5.41, 5.74) is 0. The maximum Gasteiger partial charge on any atom is 0.236 e. The maximum atomic E-state index is 11.7. The van der Waals surface area contributed by atoms with Crippen LogP contribution in [0.25, 0.3) is 16.5 Å². The van der Waals surface area contributed by atoms with Gasteiger partial charge in [0.1, 0.15) is 0 Å². The lowest BCUT2D eigenvalue weighted by Crippen LogP contribution is -2.13. The van der Waals surface area contributed by atoms with Gasteiger partial charge in [-0.05, 0) is 18.1 Å². The predicted octanol–water partition coefficient (Wildman–Crippen LogP) is 2.43. The fraction of sp³-hybridized carbons (Fsp3) is 0.333. The number of rotatable bonds is 4. The number of fused-ring (bicyclic) bond motifs is 1. The molecule has 0 radical (unpaired) electrons. The molecule has 0 aliphatic carbocycles. The average Bonchev–Trinajstić information content (AvgIpc) is 3.01. The SMILES string of the molecule is CC(C)CC(=O)Nc1nn2c(-c3ccco3)nnc2s1. The molecule has 0 aliphatic heterocycles. The first-order valence-electron chi connectivity index (χ1n) is 6.19. The van der Waals surface area contributed by atoms with Gasteiger partial charge in [-0.2, -0.15) is 4.52 Å². The highest BCUT2D eigenvalue weighted by molar-refractivity contribution is 7.20. The molecule has 0 fully saturated rings. The van der Waals surface area contributed by atoms with E-state index in [-0.39, 0.29) is 5.91 Å². The number of carbonyl (C=O) groups excluding carboxylic acids is 1. The van der Waals surface area contributed by atoms with Crippen LogP contribution >= 0.6 is 11.3 Å². The quantitative estimate of drug-likeness (QED) is 0.798. The van der Waals surface area contributed by atoms with E-state index in [1.54, 1.807) is 22.9 Å². The minimum atomic E-state index is -0.0514. The smallest absolute Gasteiger partial charge is 0.236 e. The molecule has 0 unspecified atom stereocenters. The molecule has 0 aliphatic rings. The fourth-order valence-corrected chi connectivity index (χ4v) is 2.52. The summed E-state index contributed by atoms with van der Waals surface area (Å²) in [7, 11) is 0. The molecule has 0 spiro atoms. The van der Waals surface area contributed by atoms with Crippen molar-refractivity contribution >= 4 is 27.3 Å². The number of nitrogens with one attached hydrogen (secondary N) is 1. The zero-order valence-electron chi connectivity index (χ0n) is 11.0. The molecule has 3 aromatic heterocycles. The van der Waals surface area contributed by atoms with Gasteiger partial charge < -0.3 is 9.73 Å². The third kappa shape index (κ3) is 2.42. The van der Waals surface area contributed by atoms with Crippen LogP contribution in [0.2, 0.25) is 0 Å². The van der Waals surface area contributed by atoms with Crippen LogP contribution in [0.5, 0.6) is 0 Å². The molecule has 104 valence electrons. The van der Waals surface area contributed by atoms with E-state index in [9.17, 15) is 4.79 Å². The standard InChI is InChI=1S/C12H13N5O2S/c1-7(2)6-9(18)13-11-16-17-10(8-4-3-5-19-8)14-15-12(17)20-11/h3-5,7H,6H2,1-2H3,(H,13,16,18). The number of hydrogen-bond donors (Lipinski definition) is 1. The van der Waals surface area contributed by atoms with Gasteiger partial charge in [0.15, 0.2) is 5.76 Å². The third-order valence-corrected chi connectivity index (χ3v) is 3.39. The Morgan fingerprint density at radius 3 is 3.05 bits per heavy atom. The zero-order chi connectivity index (χ0) is 14.1. The van der Waals surface area contributed by atoms with Gasteiger partial charge in [0.2, 0.25) is 21.8 Å². The second-order valence-electron chi connectivity index (χ2n) is 4.75. The summed E-state index contributed by atoms with van der Waals surface area (Å²) in [6, 6.07) is 3.56. The minimum absolute atomic E-state index is 0.0514. The van der Waals surface area contributed by atoms with Crippen molar-refractivity contribution in [2.24, 2.45) is 5.92 Å². The predicted molar refractivity (Wildman–Crippen MR) is 74.4 cm³/mol. The van der Waals surface area contributed by atoms with Crippen LogP contribution in [-0.2, 0) is 4.79 Å². The topological polar surface area (TPSA) is 85.3 Å². The van der Waals surface area contributed by atoms with Gasteiger partial charge >= 0.3 is 0 Å². The van der Waals surface area contributed by atoms with Crippen LogP contribution in [0.4, 0.5) is 5.13 Å². The first kappa shape index (κ1) is 12.8. The van der Waals surface area contributed by atoms with Gasteiger partial charge in [-0.3, -0.25) is 4.79 Å². The summed E-state index contributed by atoms with van der Waals surface area (Å²) in [5, 5.41) is 15.6. The Morgan fingerprint density at radius 1 is 1.50 bits per heavy atom. The first-order valence-corrected chi connectivity index (χ1v) is 7.01. The van der Waals surface area contributed by atoms with E-state index < -0.39 is 0 Å². The zero-order valence-corrected chi connectivity index (χ0v) is 11.8. The van der Waals surface area contributed by atoms with Gasteiger partial charge in [-0.1, -0.05) is 25.2 Å². The second kappa shape index (κ2) is 5.04. The molecular weight excluding hydrogens is 278 g/mol. The van der Waals surface area contributed by atoms with Gasteiger partial charge in [0.05, 0.1) is 6.26 Å². The highest BCUT2D eigenvalue weighted by atomic mass is 32.1. The van der Waals surface area contributed by atoms with Crippen LogP contribution in [0.3, 0.4) is 0 Å². The largest absolute Gasteiger partial charge is 0.461 e. The molecule has 8 heteroatoms. The Hall–Kier alpha value is -2.22. The normalized spacial score (nSPS) is 11.3. The molecule has 0 atom stereocenters. The van der Waals surface area contributed by atoms with Crippen molar-refractivity contribution in [3.8, 4) is 11.6 Å². The van der Waals surface area contributed by atoms with Gasteiger partial charge in [0.25, 0.3) is 0 Å². The Balaban J connectivity index is 1.87.